The van der Waals surface area contributed by atoms with E-state index in [0.717, 1.165) is 38.3 Å². The van der Waals surface area contributed by atoms with Gasteiger partial charge in [0, 0.05) is 25.4 Å². The number of ketones is 1. The first kappa shape index (κ1) is 16.2. The highest BCUT2D eigenvalue weighted by molar-refractivity contribution is 5.82. The first-order valence-corrected chi connectivity index (χ1v) is 8.22. The molecule has 0 spiro atoms. The van der Waals surface area contributed by atoms with Crippen molar-refractivity contribution in [1.29, 1.82) is 0 Å². The van der Waals surface area contributed by atoms with Gasteiger partial charge < -0.3 is 4.90 Å². The van der Waals surface area contributed by atoms with Gasteiger partial charge in [-0.15, -0.1) is 0 Å². The van der Waals surface area contributed by atoms with Crippen molar-refractivity contribution in [2.75, 3.05) is 13.6 Å². The second kappa shape index (κ2) is 7.22. The predicted octanol–water partition coefficient (Wildman–Crippen LogP) is 4.07. The van der Waals surface area contributed by atoms with Gasteiger partial charge in [-0.2, -0.15) is 0 Å². The van der Waals surface area contributed by atoms with Gasteiger partial charge in [0.1, 0.15) is 5.78 Å². The van der Waals surface area contributed by atoms with Crippen LogP contribution in [0.4, 0.5) is 0 Å². The van der Waals surface area contributed by atoms with Gasteiger partial charge in [0.15, 0.2) is 0 Å². The molecule has 2 rings (SSSR count). The Morgan fingerprint density at radius 2 is 2.10 bits per heavy atom. The number of aryl methyl sites for hydroxylation is 1. The van der Waals surface area contributed by atoms with Crippen molar-refractivity contribution in [3.8, 4) is 0 Å². The largest absolute Gasteiger partial charge is 0.301 e. The van der Waals surface area contributed by atoms with Crippen molar-refractivity contribution in [1.82, 2.24) is 4.90 Å². The summed E-state index contributed by atoms with van der Waals surface area (Å²) >= 11 is 0. The zero-order chi connectivity index (χ0) is 15.4. The molecule has 116 valence electrons. The Balaban J connectivity index is 1.91. The number of carbonyl (C=O) groups is 1. The lowest BCUT2D eigenvalue weighted by Crippen LogP contribution is -2.35. The molecule has 0 bridgehead atoms. The molecule has 1 fully saturated rings. The van der Waals surface area contributed by atoms with E-state index in [1.165, 1.54) is 11.1 Å². The van der Waals surface area contributed by atoms with E-state index >= 15 is 0 Å². The Hall–Kier alpha value is -1.15. The van der Waals surface area contributed by atoms with E-state index in [1.54, 1.807) is 0 Å². The molecule has 1 aliphatic rings. The van der Waals surface area contributed by atoms with Crippen molar-refractivity contribution in [2.24, 2.45) is 17.8 Å². The van der Waals surface area contributed by atoms with Crippen LogP contribution in [0, 0.1) is 24.7 Å². The molecule has 0 heterocycles. The molecule has 1 aromatic rings. The fraction of sp³-hybridized carbons (Fsp3) is 0.632. The highest BCUT2D eigenvalue weighted by Gasteiger charge is 2.30. The van der Waals surface area contributed by atoms with Gasteiger partial charge in [0.25, 0.3) is 0 Å². The van der Waals surface area contributed by atoms with Crippen LogP contribution in [0.1, 0.15) is 44.2 Å². The molecule has 2 unspecified atom stereocenters. The first-order valence-electron chi connectivity index (χ1n) is 8.22. The molecule has 0 aliphatic heterocycles. The molecular formula is C19H29NO. The van der Waals surface area contributed by atoms with Crippen LogP contribution in [0.5, 0.6) is 0 Å². The van der Waals surface area contributed by atoms with Crippen LogP contribution in [0.25, 0.3) is 0 Å². The Morgan fingerprint density at radius 1 is 1.33 bits per heavy atom. The topological polar surface area (TPSA) is 20.3 Å². The van der Waals surface area contributed by atoms with Crippen molar-refractivity contribution in [3.63, 3.8) is 0 Å². The van der Waals surface area contributed by atoms with E-state index in [-0.39, 0.29) is 5.92 Å². The third-order valence-electron chi connectivity index (χ3n) is 4.81. The van der Waals surface area contributed by atoms with E-state index in [9.17, 15) is 4.79 Å². The maximum atomic E-state index is 12.2. The summed E-state index contributed by atoms with van der Waals surface area (Å²) in [5.41, 5.74) is 2.63. The van der Waals surface area contributed by atoms with Gasteiger partial charge in [-0.25, -0.2) is 0 Å². The molecular weight excluding hydrogens is 258 g/mol. The van der Waals surface area contributed by atoms with Gasteiger partial charge in [-0.1, -0.05) is 43.7 Å². The minimum atomic E-state index is 0.237. The van der Waals surface area contributed by atoms with Crippen molar-refractivity contribution in [3.05, 3.63) is 35.4 Å². The van der Waals surface area contributed by atoms with Crippen molar-refractivity contribution < 1.29 is 4.79 Å². The summed E-state index contributed by atoms with van der Waals surface area (Å²) in [6.07, 6.45) is 2.95. The number of carbonyl (C=O) groups excluding carboxylic acids is 1. The van der Waals surface area contributed by atoms with Gasteiger partial charge >= 0.3 is 0 Å². The van der Waals surface area contributed by atoms with E-state index < -0.39 is 0 Å². The van der Waals surface area contributed by atoms with Gasteiger partial charge in [0.05, 0.1) is 0 Å². The normalized spacial score (nSPS) is 23.0. The zero-order valence-corrected chi connectivity index (χ0v) is 13.9. The van der Waals surface area contributed by atoms with E-state index in [1.807, 2.05) is 0 Å². The van der Waals surface area contributed by atoms with Crippen LogP contribution in [0.15, 0.2) is 24.3 Å². The summed E-state index contributed by atoms with van der Waals surface area (Å²) in [6.45, 7) is 8.52. The second-order valence-electron chi connectivity index (χ2n) is 7.13. The molecule has 2 nitrogen and oxygen atoms in total. The molecule has 1 aliphatic carbocycles. The van der Waals surface area contributed by atoms with E-state index in [2.05, 4.69) is 57.0 Å². The number of hydrogen-bond donors (Lipinski definition) is 0. The number of Topliss-reactive ketones (excluding diaryl/α,β-unsaturated/α-hetero) is 1. The Labute approximate surface area is 129 Å². The summed E-state index contributed by atoms with van der Waals surface area (Å²) < 4.78 is 0. The smallest absolute Gasteiger partial charge is 0.137 e. The Kier molecular flexibility index (Phi) is 5.58. The minimum absolute atomic E-state index is 0.237. The molecule has 0 aromatic heterocycles. The molecule has 0 N–H and O–H groups in total. The molecule has 1 aromatic carbocycles. The SMILES string of the molecule is Cc1cccc(CN(C)CC2CC(C(C)C)CCC2=O)c1. The lowest BCUT2D eigenvalue weighted by Gasteiger charge is -2.33. The lowest BCUT2D eigenvalue weighted by atomic mass is 9.75. The first-order chi connectivity index (χ1) is 9.95. The third kappa shape index (κ3) is 4.67. The number of nitrogens with zero attached hydrogens (tertiary/aromatic N) is 1. The quantitative estimate of drug-likeness (QED) is 0.813. The van der Waals surface area contributed by atoms with Crippen LogP contribution in [-0.4, -0.2) is 24.3 Å². The van der Waals surface area contributed by atoms with E-state index in [4.69, 9.17) is 0 Å². The van der Waals surface area contributed by atoms with Gasteiger partial charge in [-0.05, 0) is 44.2 Å². The molecule has 0 saturated heterocycles. The average molecular weight is 287 g/mol. The van der Waals surface area contributed by atoms with Crippen LogP contribution in [0.3, 0.4) is 0 Å². The second-order valence-corrected chi connectivity index (χ2v) is 7.13. The third-order valence-corrected chi connectivity index (χ3v) is 4.81. The monoisotopic (exact) mass is 287 g/mol. The van der Waals surface area contributed by atoms with Crippen LogP contribution < -0.4 is 0 Å². The van der Waals surface area contributed by atoms with Crippen LogP contribution >= 0.6 is 0 Å². The lowest BCUT2D eigenvalue weighted by molar-refractivity contribution is -0.126. The highest BCUT2D eigenvalue weighted by Crippen LogP contribution is 2.32. The number of benzene rings is 1. The fourth-order valence-electron chi connectivity index (χ4n) is 3.49. The summed E-state index contributed by atoms with van der Waals surface area (Å²) in [5, 5.41) is 0. The molecule has 0 amide bonds. The average Bonchev–Trinajstić information content (AvgIpc) is 2.41. The predicted molar refractivity (Wildman–Crippen MR) is 88.2 cm³/mol. The maximum absolute atomic E-state index is 12.2. The number of rotatable bonds is 5. The van der Waals surface area contributed by atoms with Gasteiger partial charge in [-0.3, -0.25) is 4.79 Å². The van der Waals surface area contributed by atoms with E-state index in [0.29, 0.717) is 11.7 Å². The molecule has 2 heteroatoms. The fourth-order valence-corrected chi connectivity index (χ4v) is 3.49. The maximum Gasteiger partial charge on any atom is 0.137 e. The molecule has 2 atom stereocenters. The standard InChI is InChI=1S/C19H29NO/c1-14(2)17-8-9-19(21)18(11-17)13-20(4)12-16-7-5-6-15(3)10-16/h5-7,10,14,17-18H,8-9,11-13H2,1-4H3. The minimum Gasteiger partial charge on any atom is -0.301 e. The van der Waals surface area contributed by atoms with Gasteiger partial charge in [0.2, 0.25) is 0 Å². The summed E-state index contributed by atoms with van der Waals surface area (Å²) in [7, 11) is 2.13. The number of hydrogen-bond acceptors (Lipinski definition) is 2. The van der Waals surface area contributed by atoms with Crippen molar-refractivity contribution in [2.45, 2.75) is 46.6 Å². The van der Waals surface area contributed by atoms with Crippen molar-refractivity contribution >= 4 is 5.78 Å². The summed E-state index contributed by atoms with van der Waals surface area (Å²) in [5.74, 6) is 2.13. The molecule has 1 saturated carbocycles. The Morgan fingerprint density at radius 3 is 2.76 bits per heavy atom. The zero-order valence-electron chi connectivity index (χ0n) is 13.9. The van der Waals surface area contributed by atoms with Crippen LogP contribution in [-0.2, 0) is 11.3 Å². The molecule has 21 heavy (non-hydrogen) atoms. The highest BCUT2D eigenvalue weighted by atomic mass is 16.1. The van der Waals surface area contributed by atoms with Crippen LogP contribution in [0.2, 0.25) is 0 Å². The molecule has 0 radical (unpaired) electrons. The summed E-state index contributed by atoms with van der Waals surface area (Å²) in [4.78, 5) is 14.5. The Bertz CT molecular complexity index is 480. The summed E-state index contributed by atoms with van der Waals surface area (Å²) in [6, 6.07) is 8.64.